The van der Waals surface area contributed by atoms with Gasteiger partial charge in [0.1, 0.15) is 19.3 Å². The highest BCUT2D eigenvalue weighted by molar-refractivity contribution is 7.47. The first-order valence-electron chi connectivity index (χ1n) is 36.9. The minimum Gasteiger partial charge on any atom is -0.462 e. The smallest absolute Gasteiger partial charge is 0.462 e. The van der Waals surface area contributed by atoms with E-state index >= 15 is 0 Å². The summed E-state index contributed by atoms with van der Waals surface area (Å²) in [4.78, 5) is 72.5. The van der Waals surface area contributed by atoms with Crippen LogP contribution >= 0.6 is 15.6 Å². The molecule has 19 heteroatoms. The van der Waals surface area contributed by atoms with Crippen molar-refractivity contribution in [2.75, 3.05) is 39.6 Å². The van der Waals surface area contributed by atoms with Crippen molar-refractivity contribution in [1.82, 2.24) is 0 Å². The van der Waals surface area contributed by atoms with Gasteiger partial charge < -0.3 is 33.8 Å². The topological polar surface area (TPSA) is 237 Å². The van der Waals surface area contributed by atoms with Crippen LogP contribution in [0.5, 0.6) is 0 Å². The van der Waals surface area contributed by atoms with Gasteiger partial charge in [-0.25, -0.2) is 9.13 Å². The van der Waals surface area contributed by atoms with Crippen LogP contribution < -0.4 is 0 Å². The summed E-state index contributed by atoms with van der Waals surface area (Å²) in [6.45, 7) is 11.8. The third-order valence-corrected chi connectivity index (χ3v) is 19.0. The molecule has 0 aliphatic carbocycles. The van der Waals surface area contributed by atoms with E-state index in [9.17, 15) is 43.2 Å². The molecule has 0 aromatic carbocycles. The number of hydrogen-bond acceptors (Lipinski definition) is 15. The predicted octanol–water partition coefficient (Wildman–Crippen LogP) is 20.2. The molecule has 0 aromatic rings. The number of carbonyl (C=O) groups excluding carboxylic acids is 4. The van der Waals surface area contributed by atoms with Crippen molar-refractivity contribution in [2.24, 2.45) is 17.8 Å². The van der Waals surface area contributed by atoms with E-state index in [0.29, 0.717) is 25.7 Å². The van der Waals surface area contributed by atoms with Crippen molar-refractivity contribution < 1.29 is 80.2 Å². The van der Waals surface area contributed by atoms with E-state index in [1.54, 1.807) is 0 Å². The molecule has 0 amide bonds. The van der Waals surface area contributed by atoms with Crippen LogP contribution in [0.4, 0.5) is 0 Å². The Bertz CT molecular complexity index is 1770. The van der Waals surface area contributed by atoms with Gasteiger partial charge in [-0.3, -0.25) is 37.3 Å². The molecule has 0 radical (unpaired) electrons. The summed E-state index contributed by atoms with van der Waals surface area (Å²) in [5.74, 6) is 0.177. The molecule has 90 heavy (non-hydrogen) atoms. The molecule has 0 aromatic heterocycles. The van der Waals surface area contributed by atoms with E-state index in [4.69, 9.17) is 37.0 Å². The molecule has 7 atom stereocenters. The van der Waals surface area contributed by atoms with Gasteiger partial charge in [-0.1, -0.05) is 305 Å². The van der Waals surface area contributed by atoms with Crippen molar-refractivity contribution in [3.05, 3.63) is 0 Å². The van der Waals surface area contributed by atoms with Crippen LogP contribution in [-0.4, -0.2) is 96.7 Å². The first-order chi connectivity index (χ1) is 43.3. The number of aliphatic hydroxyl groups excluding tert-OH is 1. The first-order valence-corrected chi connectivity index (χ1v) is 39.9. The molecule has 3 N–H and O–H groups in total. The number of hydrogen-bond donors (Lipinski definition) is 3. The lowest BCUT2D eigenvalue weighted by atomic mass is 9.99. The lowest BCUT2D eigenvalue weighted by Crippen LogP contribution is -2.30. The van der Waals surface area contributed by atoms with Gasteiger partial charge in [0, 0.05) is 25.7 Å². The Morgan fingerprint density at radius 2 is 0.567 bits per heavy atom. The third-order valence-electron chi connectivity index (χ3n) is 17.1. The van der Waals surface area contributed by atoms with E-state index in [1.807, 2.05) is 0 Å². The molecule has 0 saturated carbocycles. The first kappa shape index (κ1) is 88.1. The van der Waals surface area contributed by atoms with Gasteiger partial charge in [-0.05, 0) is 43.4 Å². The van der Waals surface area contributed by atoms with E-state index in [-0.39, 0.29) is 25.7 Å². The molecule has 0 heterocycles. The Balaban J connectivity index is 5.23. The van der Waals surface area contributed by atoms with Crippen molar-refractivity contribution in [1.29, 1.82) is 0 Å². The van der Waals surface area contributed by atoms with Gasteiger partial charge in [-0.15, -0.1) is 0 Å². The quantitative estimate of drug-likeness (QED) is 0.0222. The Kier molecular flexibility index (Phi) is 60.6. The largest absolute Gasteiger partial charge is 0.472 e. The lowest BCUT2D eigenvalue weighted by molar-refractivity contribution is -0.161. The number of esters is 4. The highest BCUT2D eigenvalue weighted by atomic mass is 31.2. The van der Waals surface area contributed by atoms with Crippen molar-refractivity contribution in [2.45, 2.75) is 375 Å². The molecule has 0 aliphatic heterocycles. The van der Waals surface area contributed by atoms with Crippen LogP contribution in [0.15, 0.2) is 0 Å². The molecule has 534 valence electrons. The SMILES string of the molecule is CCCCCCCCCCCCCC(=O)O[C@H](COC(=O)CCCCCCCCC(C)CC)COP(=O)(O)OC[C@H](O)COP(=O)(O)OC[C@@H](COC(=O)CCCCCCCCCCC(C)C)OC(=O)CCCCCCCCCCCCCCCCC(C)CC. The zero-order valence-electron chi connectivity index (χ0n) is 58.6. The summed E-state index contributed by atoms with van der Waals surface area (Å²) >= 11 is 0. The molecule has 0 saturated heterocycles. The second kappa shape index (κ2) is 61.9. The summed E-state index contributed by atoms with van der Waals surface area (Å²) in [6, 6.07) is 0. The van der Waals surface area contributed by atoms with Crippen molar-refractivity contribution in [3.8, 4) is 0 Å². The molecular formula is C71H138O17P2. The number of ether oxygens (including phenoxy) is 4. The van der Waals surface area contributed by atoms with Gasteiger partial charge >= 0.3 is 39.5 Å². The van der Waals surface area contributed by atoms with E-state index < -0.39 is 97.5 Å². The standard InChI is InChI=1S/C71H138O17P2/c1-8-11-12-13-14-15-20-24-31-40-47-54-70(75)88-67(59-82-69(74)53-46-39-34-33-37-44-51-64(7)10-3)61-86-90(79,80)84-57-65(72)56-83-89(77,78)85-60-66(58-81-68(73)52-45-38-30-27-26-28-35-42-49-62(4)5)87-71(76)55-48-41-32-25-22-19-17-16-18-21-23-29-36-43-50-63(6)9-2/h62-67,72H,8-61H2,1-7H3,(H,77,78)(H,79,80)/t63?,64?,65-,66-,67-/m1/s1. The highest BCUT2D eigenvalue weighted by Gasteiger charge is 2.30. The van der Waals surface area contributed by atoms with E-state index in [1.165, 1.54) is 161 Å². The Labute approximate surface area is 549 Å². The van der Waals surface area contributed by atoms with Crippen LogP contribution in [0.25, 0.3) is 0 Å². The fourth-order valence-electron chi connectivity index (χ4n) is 10.7. The molecule has 0 bridgehead atoms. The molecule has 0 aliphatic rings. The van der Waals surface area contributed by atoms with Crippen molar-refractivity contribution >= 4 is 39.5 Å². The maximum atomic E-state index is 13.0. The average Bonchev–Trinajstić information content (AvgIpc) is 2.44. The molecule has 0 fully saturated rings. The van der Waals surface area contributed by atoms with Gasteiger partial charge in [0.2, 0.25) is 0 Å². The lowest BCUT2D eigenvalue weighted by Gasteiger charge is -2.21. The van der Waals surface area contributed by atoms with Gasteiger partial charge in [0.15, 0.2) is 12.2 Å². The fraction of sp³-hybridized carbons (Fsp3) is 0.944. The Morgan fingerprint density at radius 1 is 0.322 bits per heavy atom. The summed E-state index contributed by atoms with van der Waals surface area (Å²) < 4.78 is 68.3. The van der Waals surface area contributed by atoms with Crippen LogP contribution in [0, 0.1) is 17.8 Å². The van der Waals surface area contributed by atoms with Gasteiger partial charge in [0.25, 0.3) is 0 Å². The van der Waals surface area contributed by atoms with Crippen LogP contribution in [0.2, 0.25) is 0 Å². The van der Waals surface area contributed by atoms with Crippen LogP contribution in [0.1, 0.15) is 357 Å². The third kappa shape index (κ3) is 62.2. The zero-order valence-corrected chi connectivity index (χ0v) is 60.4. The van der Waals surface area contributed by atoms with Crippen LogP contribution in [-0.2, 0) is 65.4 Å². The summed E-state index contributed by atoms with van der Waals surface area (Å²) in [6.07, 6.45) is 45.8. The Morgan fingerprint density at radius 3 is 0.844 bits per heavy atom. The second-order valence-electron chi connectivity index (χ2n) is 26.6. The maximum absolute atomic E-state index is 13.0. The Hall–Kier alpha value is -1.94. The van der Waals surface area contributed by atoms with E-state index in [0.717, 1.165) is 114 Å². The van der Waals surface area contributed by atoms with Crippen LogP contribution in [0.3, 0.4) is 0 Å². The predicted molar refractivity (Wildman–Crippen MR) is 363 cm³/mol. The number of rotatable bonds is 69. The van der Waals surface area contributed by atoms with Gasteiger partial charge in [-0.2, -0.15) is 0 Å². The second-order valence-corrected chi connectivity index (χ2v) is 29.5. The molecule has 4 unspecified atom stereocenters. The summed E-state index contributed by atoms with van der Waals surface area (Å²) in [5.41, 5.74) is 0. The van der Waals surface area contributed by atoms with Gasteiger partial charge in [0.05, 0.1) is 26.4 Å². The normalized spacial score (nSPS) is 14.8. The molecule has 17 nitrogen and oxygen atoms in total. The monoisotopic (exact) mass is 1320 g/mol. The minimum atomic E-state index is -4.95. The summed E-state index contributed by atoms with van der Waals surface area (Å²) in [5, 5.41) is 10.6. The average molecular weight is 1330 g/mol. The maximum Gasteiger partial charge on any atom is 0.472 e. The summed E-state index contributed by atoms with van der Waals surface area (Å²) in [7, 11) is -9.90. The highest BCUT2D eigenvalue weighted by Crippen LogP contribution is 2.45. The number of unbranched alkanes of at least 4 members (excludes halogenated alkanes) is 35. The van der Waals surface area contributed by atoms with E-state index in [2.05, 4.69) is 48.5 Å². The minimum absolute atomic E-state index is 0.106. The number of aliphatic hydroxyl groups is 1. The molecular weight excluding hydrogens is 1190 g/mol. The number of phosphoric ester groups is 2. The number of phosphoric acid groups is 2. The zero-order chi connectivity index (χ0) is 66.6. The molecule has 0 spiro atoms. The fourth-order valence-corrected chi connectivity index (χ4v) is 12.2. The number of carbonyl (C=O) groups is 4. The van der Waals surface area contributed by atoms with Crippen molar-refractivity contribution in [3.63, 3.8) is 0 Å². The molecule has 0 rings (SSSR count).